The molecule has 2 aromatic heterocycles. The summed E-state index contributed by atoms with van der Waals surface area (Å²) in [4.78, 5) is 20.6. The number of hydrogen-bond donors (Lipinski definition) is 1. The summed E-state index contributed by atoms with van der Waals surface area (Å²) in [7, 11) is 0. The van der Waals surface area contributed by atoms with Crippen molar-refractivity contribution < 1.29 is 13.9 Å². The zero-order valence-electron chi connectivity index (χ0n) is 14.1. The Morgan fingerprint density at radius 2 is 2.00 bits per heavy atom. The number of nitrogens with one attached hydrogen (secondary N) is 1. The predicted octanol–water partition coefficient (Wildman–Crippen LogP) is 4.56. The number of nitrogens with zero attached hydrogens (tertiary/aromatic N) is 2. The van der Waals surface area contributed by atoms with Crippen LogP contribution in [-0.2, 0) is 4.79 Å². The zero-order chi connectivity index (χ0) is 18.6. The molecule has 27 heavy (non-hydrogen) atoms. The summed E-state index contributed by atoms with van der Waals surface area (Å²) in [5.74, 6) is 0.720. The smallest absolute Gasteiger partial charge is 0.262 e. The van der Waals surface area contributed by atoms with E-state index >= 15 is 0 Å². The molecule has 6 nitrogen and oxygen atoms in total. The fourth-order valence-electron chi connectivity index (χ4n) is 2.51. The normalized spacial score (nSPS) is 10.7. The van der Waals surface area contributed by atoms with E-state index in [1.807, 2.05) is 18.2 Å². The molecule has 1 N–H and O–H groups in total. The number of oxazole rings is 1. The van der Waals surface area contributed by atoms with Gasteiger partial charge in [-0.1, -0.05) is 29.8 Å². The van der Waals surface area contributed by atoms with Crippen LogP contribution in [0.25, 0.3) is 22.6 Å². The lowest BCUT2D eigenvalue weighted by molar-refractivity contribution is -0.118. The molecular weight excluding hydrogens is 366 g/mol. The quantitative estimate of drug-likeness (QED) is 0.550. The van der Waals surface area contributed by atoms with Crippen LogP contribution >= 0.6 is 11.6 Å². The summed E-state index contributed by atoms with van der Waals surface area (Å²) < 4.78 is 11.2. The van der Waals surface area contributed by atoms with E-state index in [0.717, 1.165) is 0 Å². The second-order valence-electron chi connectivity index (χ2n) is 5.71. The third-order valence-electron chi connectivity index (χ3n) is 3.79. The molecule has 0 radical (unpaired) electrons. The molecular formula is C20H14ClN3O3. The molecule has 134 valence electrons. The molecule has 0 spiro atoms. The van der Waals surface area contributed by atoms with Gasteiger partial charge in [-0.15, -0.1) is 0 Å². The standard InChI is InChI=1S/C20H14ClN3O3/c21-15-7-6-13(20-24-17-11-22-9-8-18(17)27-20)10-16(15)23-19(25)12-26-14-4-2-1-3-5-14/h1-11H,12H2,(H,23,25). The Kier molecular flexibility index (Phi) is 4.72. The van der Waals surface area contributed by atoms with E-state index in [4.69, 9.17) is 20.8 Å². The molecule has 0 aliphatic carbocycles. The van der Waals surface area contributed by atoms with Crippen molar-refractivity contribution in [3.8, 4) is 17.2 Å². The first-order valence-corrected chi connectivity index (χ1v) is 8.55. The maximum absolute atomic E-state index is 12.2. The molecule has 0 atom stereocenters. The van der Waals surface area contributed by atoms with E-state index in [-0.39, 0.29) is 12.5 Å². The number of carbonyl (C=O) groups excluding carboxylic acids is 1. The summed E-state index contributed by atoms with van der Waals surface area (Å²) in [6.07, 6.45) is 3.26. The van der Waals surface area contributed by atoms with Crippen LogP contribution in [0, 0.1) is 0 Å². The average molecular weight is 380 g/mol. The fraction of sp³-hybridized carbons (Fsp3) is 0.0500. The first-order chi connectivity index (χ1) is 13.2. The molecule has 0 unspecified atom stereocenters. The summed E-state index contributed by atoms with van der Waals surface area (Å²) in [5.41, 5.74) is 2.44. The summed E-state index contributed by atoms with van der Waals surface area (Å²) in [5, 5.41) is 3.15. The number of amides is 1. The van der Waals surface area contributed by atoms with Gasteiger partial charge in [-0.2, -0.15) is 0 Å². The Morgan fingerprint density at radius 1 is 1.15 bits per heavy atom. The molecule has 0 bridgehead atoms. The van der Waals surface area contributed by atoms with Crippen LogP contribution in [-0.4, -0.2) is 22.5 Å². The largest absolute Gasteiger partial charge is 0.484 e. The Labute approximate surface area is 159 Å². The fourth-order valence-corrected chi connectivity index (χ4v) is 2.67. The Balaban J connectivity index is 1.51. The lowest BCUT2D eigenvalue weighted by Crippen LogP contribution is -2.20. The van der Waals surface area contributed by atoms with Crippen LogP contribution in [0.5, 0.6) is 5.75 Å². The number of halogens is 1. The van der Waals surface area contributed by atoms with Gasteiger partial charge in [0, 0.05) is 17.8 Å². The first kappa shape index (κ1) is 17.1. The topological polar surface area (TPSA) is 77.2 Å². The van der Waals surface area contributed by atoms with Gasteiger partial charge >= 0.3 is 0 Å². The number of carbonyl (C=O) groups is 1. The highest BCUT2D eigenvalue weighted by molar-refractivity contribution is 6.33. The molecule has 4 aromatic rings. The third-order valence-corrected chi connectivity index (χ3v) is 4.12. The highest BCUT2D eigenvalue weighted by Crippen LogP contribution is 2.30. The van der Waals surface area contributed by atoms with Gasteiger partial charge in [-0.3, -0.25) is 9.78 Å². The minimum atomic E-state index is -0.320. The summed E-state index contributed by atoms with van der Waals surface area (Å²) >= 11 is 6.21. The molecule has 2 heterocycles. The highest BCUT2D eigenvalue weighted by atomic mass is 35.5. The second kappa shape index (κ2) is 7.47. The second-order valence-corrected chi connectivity index (χ2v) is 6.11. The zero-order valence-corrected chi connectivity index (χ0v) is 14.8. The lowest BCUT2D eigenvalue weighted by atomic mass is 10.2. The van der Waals surface area contributed by atoms with Crippen LogP contribution < -0.4 is 10.1 Å². The van der Waals surface area contributed by atoms with Crippen LogP contribution in [0.2, 0.25) is 5.02 Å². The number of fused-ring (bicyclic) bond motifs is 1. The van der Waals surface area contributed by atoms with E-state index in [9.17, 15) is 4.79 Å². The van der Waals surface area contributed by atoms with Gasteiger partial charge in [0.2, 0.25) is 5.89 Å². The molecule has 2 aromatic carbocycles. The van der Waals surface area contributed by atoms with Crippen molar-refractivity contribution in [2.24, 2.45) is 0 Å². The number of anilines is 1. The number of para-hydroxylation sites is 1. The highest BCUT2D eigenvalue weighted by Gasteiger charge is 2.12. The molecule has 0 saturated heterocycles. The van der Waals surface area contributed by atoms with Crippen molar-refractivity contribution in [1.82, 2.24) is 9.97 Å². The van der Waals surface area contributed by atoms with Gasteiger partial charge in [0.15, 0.2) is 12.2 Å². The predicted molar refractivity (Wildman–Crippen MR) is 103 cm³/mol. The van der Waals surface area contributed by atoms with E-state index < -0.39 is 0 Å². The molecule has 0 saturated carbocycles. The van der Waals surface area contributed by atoms with Gasteiger partial charge in [-0.25, -0.2) is 4.98 Å². The van der Waals surface area contributed by atoms with Crippen LogP contribution in [0.4, 0.5) is 5.69 Å². The SMILES string of the molecule is O=C(COc1ccccc1)Nc1cc(-c2nc3cnccc3o2)ccc1Cl. The summed E-state index contributed by atoms with van der Waals surface area (Å²) in [6, 6.07) is 16.0. The van der Waals surface area contributed by atoms with Gasteiger partial charge in [0.05, 0.1) is 16.9 Å². The maximum Gasteiger partial charge on any atom is 0.262 e. The number of aromatic nitrogens is 2. The molecule has 4 rings (SSSR count). The first-order valence-electron chi connectivity index (χ1n) is 8.17. The summed E-state index contributed by atoms with van der Waals surface area (Å²) in [6.45, 7) is -0.126. The van der Waals surface area contributed by atoms with E-state index in [0.29, 0.717) is 39.0 Å². The minimum absolute atomic E-state index is 0.126. The van der Waals surface area contributed by atoms with Gasteiger partial charge in [0.25, 0.3) is 5.91 Å². The average Bonchev–Trinajstić information content (AvgIpc) is 3.13. The Hall–Kier alpha value is -3.38. The lowest BCUT2D eigenvalue weighted by Gasteiger charge is -2.09. The Bertz CT molecular complexity index is 1060. The van der Waals surface area contributed by atoms with Gasteiger partial charge in [-0.05, 0) is 30.3 Å². The van der Waals surface area contributed by atoms with Crippen molar-refractivity contribution in [3.05, 3.63) is 72.0 Å². The third kappa shape index (κ3) is 3.91. The number of benzene rings is 2. The van der Waals surface area contributed by atoms with E-state index in [1.54, 1.807) is 48.8 Å². The number of ether oxygens (including phenoxy) is 1. The van der Waals surface area contributed by atoms with Crippen molar-refractivity contribution in [3.63, 3.8) is 0 Å². The van der Waals surface area contributed by atoms with Gasteiger partial charge < -0.3 is 14.5 Å². The number of hydrogen-bond acceptors (Lipinski definition) is 5. The molecule has 0 aliphatic heterocycles. The monoisotopic (exact) mass is 379 g/mol. The van der Waals surface area contributed by atoms with Crippen molar-refractivity contribution >= 4 is 34.3 Å². The molecule has 1 amide bonds. The number of pyridine rings is 1. The van der Waals surface area contributed by atoms with Crippen molar-refractivity contribution in [2.45, 2.75) is 0 Å². The van der Waals surface area contributed by atoms with Crippen molar-refractivity contribution in [2.75, 3.05) is 11.9 Å². The van der Waals surface area contributed by atoms with Crippen LogP contribution in [0.3, 0.4) is 0 Å². The Morgan fingerprint density at radius 3 is 2.81 bits per heavy atom. The van der Waals surface area contributed by atoms with E-state index in [2.05, 4.69) is 15.3 Å². The van der Waals surface area contributed by atoms with E-state index in [1.165, 1.54) is 0 Å². The number of rotatable bonds is 5. The van der Waals surface area contributed by atoms with Crippen LogP contribution in [0.15, 0.2) is 71.4 Å². The maximum atomic E-state index is 12.2. The van der Waals surface area contributed by atoms with Gasteiger partial charge in [0.1, 0.15) is 11.3 Å². The molecule has 7 heteroatoms. The molecule has 0 aliphatic rings. The van der Waals surface area contributed by atoms with Crippen LogP contribution in [0.1, 0.15) is 0 Å². The minimum Gasteiger partial charge on any atom is -0.484 e. The van der Waals surface area contributed by atoms with Crippen molar-refractivity contribution in [1.29, 1.82) is 0 Å². The molecule has 0 fully saturated rings.